The lowest BCUT2D eigenvalue weighted by molar-refractivity contribution is 0.141. The van der Waals surface area contributed by atoms with Crippen molar-refractivity contribution in [1.29, 1.82) is 0 Å². The predicted octanol–water partition coefficient (Wildman–Crippen LogP) is 3.01. The van der Waals surface area contributed by atoms with Gasteiger partial charge in [0.05, 0.1) is 0 Å². The van der Waals surface area contributed by atoms with E-state index in [0.717, 1.165) is 13.1 Å². The lowest BCUT2D eigenvalue weighted by Gasteiger charge is -2.36. The van der Waals surface area contributed by atoms with Crippen molar-refractivity contribution < 1.29 is 4.79 Å². The zero-order chi connectivity index (χ0) is 12.3. The molecule has 1 saturated carbocycles. The Kier molecular flexibility index (Phi) is 4.30. The number of likely N-dealkylation sites (tertiary alicyclic amines) is 1. The van der Waals surface area contributed by atoms with Crippen LogP contribution in [-0.2, 0) is 0 Å². The van der Waals surface area contributed by atoms with Gasteiger partial charge in [-0.3, -0.25) is 0 Å². The van der Waals surface area contributed by atoms with Crippen LogP contribution in [0.2, 0.25) is 0 Å². The Bertz CT molecular complexity index is 251. The number of hydrogen-bond acceptors (Lipinski definition) is 1. The largest absolute Gasteiger partial charge is 0.335 e. The summed E-state index contributed by atoms with van der Waals surface area (Å²) in [5.74, 6) is 1.30. The van der Waals surface area contributed by atoms with Crippen LogP contribution in [-0.4, -0.2) is 30.1 Å². The van der Waals surface area contributed by atoms with Crippen molar-refractivity contribution in [2.75, 3.05) is 13.1 Å². The highest BCUT2D eigenvalue weighted by molar-refractivity contribution is 5.74. The van der Waals surface area contributed by atoms with Gasteiger partial charge in [0.25, 0.3) is 0 Å². The molecule has 2 rings (SSSR count). The molecular weight excluding hydrogens is 212 g/mol. The van der Waals surface area contributed by atoms with Crippen molar-refractivity contribution in [1.82, 2.24) is 10.2 Å². The molecule has 2 amide bonds. The molecule has 0 aromatic rings. The Labute approximate surface area is 105 Å². The Hall–Kier alpha value is -0.730. The summed E-state index contributed by atoms with van der Waals surface area (Å²) in [6.07, 6.45) is 7.49. The van der Waals surface area contributed by atoms with Crippen molar-refractivity contribution in [3.8, 4) is 0 Å². The Morgan fingerprint density at radius 2 is 1.65 bits per heavy atom. The number of carbonyl (C=O) groups is 1. The van der Waals surface area contributed by atoms with E-state index in [1.807, 2.05) is 4.90 Å². The van der Waals surface area contributed by atoms with E-state index in [9.17, 15) is 4.79 Å². The summed E-state index contributed by atoms with van der Waals surface area (Å²) in [5.41, 5.74) is 0. The number of rotatable bonds is 1. The SMILES string of the molecule is C[C@@H]1C[C@H](C)CN(C(=O)NC2CCCCC2)C1. The van der Waals surface area contributed by atoms with Gasteiger partial charge in [-0.1, -0.05) is 33.1 Å². The molecule has 1 N–H and O–H groups in total. The van der Waals surface area contributed by atoms with E-state index in [4.69, 9.17) is 0 Å². The Morgan fingerprint density at radius 3 is 2.24 bits per heavy atom. The molecule has 98 valence electrons. The van der Waals surface area contributed by atoms with Crippen molar-refractivity contribution in [2.45, 2.75) is 58.4 Å². The second kappa shape index (κ2) is 5.74. The highest BCUT2D eigenvalue weighted by Gasteiger charge is 2.26. The fourth-order valence-electron chi connectivity index (χ4n) is 3.34. The van der Waals surface area contributed by atoms with Gasteiger partial charge in [-0.05, 0) is 31.1 Å². The number of nitrogens with one attached hydrogen (secondary N) is 1. The molecular formula is C14H26N2O. The summed E-state index contributed by atoms with van der Waals surface area (Å²) in [5, 5.41) is 3.22. The van der Waals surface area contributed by atoms with Crippen LogP contribution in [0.5, 0.6) is 0 Å². The van der Waals surface area contributed by atoms with Gasteiger partial charge in [-0.2, -0.15) is 0 Å². The lowest BCUT2D eigenvalue weighted by Crippen LogP contribution is -2.50. The van der Waals surface area contributed by atoms with E-state index < -0.39 is 0 Å². The summed E-state index contributed by atoms with van der Waals surface area (Å²) in [4.78, 5) is 14.2. The average molecular weight is 238 g/mol. The summed E-state index contributed by atoms with van der Waals surface area (Å²) in [7, 11) is 0. The molecule has 2 fully saturated rings. The van der Waals surface area contributed by atoms with E-state index >= 15 is 0 Å². The van der Waals surface area contributed by atoms with Crippen molar-refractivity contribution in [3.63, 3.8) is 0 Å². The number of urea groups is 1. The first-order chi connectivity index (χ1) is 8.15. The number of piperidine rings is 1. The van der Waals surface area contributed by atoms with Crippen LogP contribution in [0.25, 0.3) is 0 Å². The molecule has 1 aliphatic heterocycles. The summed E-state index contributed by atoms with van der Waals surface area (Å²) in [6, 6.07) is 0.610. The van der Waals surface area contributed by atoms with Gasteiger partial charge in [0.15, 0.2) is 0 Å². The van der Waals surface area contributed by atoms with Crippen LogP contribution in [0.15, 0.2) is 0 Å². The number of amides is 2. The van der Waals surface area contributed by atoms with Crippen LogP contribution in [0.4, 0.5) is 4.79 Å². The molecule has 0 bridgehead atoms. The van der Waals surface area contributed by atoms with Crippen molar-refractivity contribution in [2.24, 2.45) is 11.8 Å². The van der Waals surface area contributed by atoms with E-state index in [2.05, 4.69) is 19.2 Å². The minimum atomic E-state index is 0.176. The number of hydrogen-bond donors (Lipinski definition) is 1. The zero-order valence-corrected chi connectivity index (χ0v) is 11.2. The van der Waals surface area contributed by atoms with Crippen LogP contribution < -0.4 is 5.32 Å². The maximum absolute atomic E-state index is 12.2. The molecule has 2 atom stereocenters. The third-order valence-electron chi connectivity index (χ3n) is 4.09. The average Bonchev–Trinajstić information content (AvgIpc) is 2.29. The zero-order valence-electron chi connectivity index (χ0n) is 11.2. The standard InChI is InChI=1S/C14H26N2O/c1-11-8-12(2)10-16(9-11)14(17)15-13-6-4-3-5-7-13/h11-13H,3-10H2,1-2H3,(H,15,17)/t11-,12+. The molecule has 0 aromatic heterocycles. The first kappa shape index (κ1) is 12.7. The van der Waals surface area contributed by atoms with E-state index in [0.29, 0.717) is 17.9 Å². The summed E-state index contributed by atoms with van der Waals surface area (Å²) < 4.78 is 0. The smallest absolute Gasteiger partial charge is 0.317 e. The third-order valence-corrected chi connectivity index (χ3v) is 4.09. The molecule has 1 heterocycles. The molecule has 3 heteroatoms. The Morgan fingerprint density at radius 1 is 1.06 bits per heavy atom. The summed E-state index contributed by atoms with van der Waals surface area (Å²) in [6.45, 7) is 6.36. The van der Waals surface area contributed by atoms with Gasteiger partial charge < -0.3 is 10.2 Å². The second-order valence-electron chi connectivity index (χ2n) is 6.14. The highest BCUT2D eigenvalue weighted by atomic mass is 16.2. The monoisotopic (exact) mass is 238 g/mol. The topological polar surface area (TPSA) is 32.3 Å². The summed E-state index contributed by atoms with van der Waals surface area (Å²) >= 11 is 0. The third kappa shape index (κ3) is 3.62. The number of carbonyl (C=O) groups excluding carboxylic acids is 1. The first-order valence-electron chi connectivity index (χ1n) is 7.20. The maximum atomic E-state index is 12.2. The maximum Gasteiger partial charge on any atom is 0.317 e. The van der Waals surface area contributed by atoms with Gasteiger partial charge >= 0.3 is 6.03 Å². The molecule has 17 heavy (non-hydrogen) atoms. The molecule has 0 aromatic carbocycles. The molecule has 1 saturated heterocycles. The Balaban J connectivity index is 1.81. The lowest BCUT2D eigenvalue weighted by atomic mass is 9.92. The van der Waals surface area contributed by atoms with E-state index in [1.165, 1.54) is 38.5 Å². The molecule has 2 aliphatic rings. The van der Waals surface area contributed by atoms with E-state index in [1.54, 1.807) is 0 Å². The quantitative estimate of drug-likeness (QED) is 0.748. The van der Waals surface area contributed by atoms with Gasteiger partial charge in [-0.15, -0.1) is 0 Å². The van der Waals surface area contributed by atoms with Crippen LogP contribution in [0.3, 0.4) is 0 Å². The van der Waals surface area contributed by atoms with Gasteiger partial charge in [0.1, 0.15) is 0 Å². The minimum absolute atomic E-state index is 0.176. The number of nitrogens with zero attached hydrogens (tertiary/aromatic N) is 1. The molecule has 0 spiro atoms. The fraction of sp³-hybridized carbons (Fsp3) is 0.929. The second-order valence-corrected chi connectivity index (χ2v) is 6.14. The minimum Gasteiger partial charge on any atom is -0.335 e. The van der Waals surface area contributed by atoms with Crippen LogP contribution >= 0.6 is 0 Å². The van der Waals surface area contributed by atoms with Gasteiger partial charge in [0.2, 0.25) is 0 Å². The molecule has 3 nitrogen and oxygen atoms in total. The van der Waals surface area contributed by atoms with Gasteiger partial charge in [-0.25, -0.2) is 4.79 Å². The van der Waals surface area contributed by atoms with Crippen molar-refractivity contribution in [3.05, 3.63) is 0 Å². The van der Waals surface area contributed by atoms with Crippen molar-refractivity contribution >= 4 is 6.03 Å². The molecule has 1 aliphatic carbocycles. The predicted molar refractivity (Wildman–Crippen MR) is 69.9 cm³/mol. The first-order valence-corrected chi connectivity index (χ1v) is 7.20. The van der Waals surface area contributed by atoms with Crippen LogP contribution in [0.1, 0.15) is 52.4 Å². The van der Waals surface area contributed by atoms with Crippen LogP contribution in [0, 0.1) is 11.8 Å². The molecule has 0 unspecified atom stereocenters. The van der Waals surface area contributed by atoms with E-state index in [-0.39, 0.29) is 6.03 Å². The molecule has 0 radical (unpaired) electrons. The fourth-order valence-corrected chi connectivity index (χ4v) is 3.34. The normalized spacial score (nSPS) is 31.3. The van der Waals surface area contributed by atoms with Gasteiger partial charge in [0, 0.05) is 19.1 Å². The highest BCUT2D eigenvalue weighted by Crippen LogP contribution is 2.22.